The second kappa shape index (κ2) is 9.48. The third-order valence-electron chi connectivity index (χ3n) is 3.41. The van der Waals surface area contributed by atoms with Crippen LogP contribution in [0.5, 0.6) is 5.88 Å². The number of pyridine rings is 1. The molecule has 0 fully saturated rings. The van der Waals surface area contributed by atoms with Crippen molar-refractivity contribution >= 4 is 11.7 Å². The maximum Gasteiger partial charge on any atom is 0.254 e. The summed E-state index contributed by atoms with van der Waals surface area (Å²) in [5.74, 6) is -1.33. The van der Waals surface area contributed by atoms with Gasteiger partial charge in [0.1, 0.15) is 6.26 Å². The topological polar surface area (TPSA) is 120 Å². The van der Waals surface area contributed by atoms with E-state index < -0.39 is 17.9 Å². The van der Waals surface area contributed by atoms with Crippen molar-refractivity contribution in [1.82, 2.24) is 15.5 Å². The van der Waals surface area contributed by atoms with Crippen LogP contribution in [0.25, 0.3) is 0 Å². The predicted octanol–water partition coefficient (Wildman–Crippen LogP) is 1.08. The molecule has 0 aromatic carbocycles. The SMILES string of the molecule is NCCCC[C@H](NC(=O)c1ccc(F)nc1)C(=O)COc1ccon1. The third kappa shape index (κ3) is 5.96. The Kier molecular flexibility index (Phi) is 7.02. The molecule has 134 valence electrons. The Hall–Kier alpha value is -2.81. The van der Waals surface area contributed by atoms with Gasteiger partial charge in [0, 0.05) is 12.3 Å². The fourth-order valence-corrected chi connectivity index (χ4v) is 2.08. The maximum atomic E-state index is 12.8. The van der Waals surface area contributed by atoms with Crippen LogP contribution in [0.4, 0.5) is 4.39 Å². The molecule has 1 amide bonds. The number of hydrogen-bond donors (Lipinski definition) is 2. The molecule has 0 spiro atoms. The molecular formula is C16H19FN4O4. The Bertz CT molecular complexity index is 676. The molecule has 25 heavy (non-hydrogen) atoms. The number of carbonyl (C=O) groups excluding carboxylic acids is 2. The summed E-state index contributed by atoms with van der Waals surface area (Å²) in [6.07, 6.45) is 4.24. The number of Topliss-reactive ketones (excluding diaryl/α,β-unsaturated/α-hetero) is 1. The third-order valence-corrected chi connectivity index (χ3v) is 3.41. The first-order chi connectivity index (χ1) is 12.1. The maximum absolute atomic E-state index is 12.8. The Balaban J connectivity index is 1.96. The van der Waals surface area contributed by atoms with Crippen LogP contribution in [0, 0.1) is 5.95 Å². The number of unbranched alkanes of at least 4 members (excludes halogenated alkanes) is 1. The number of ketones is 1. The molecule has 3 N–H and O–H groups in total. The molecule has 2 heterocycles. The molecular weight excluding hydrogens is 331 g/mol. The fraction of sp³-hybridized carbons (Fsp3) is 0.375. The summed E-state index contributed by atoms with van der Waals surface area (Å²) in [4.78, 5) is 28.0. The number of aromatic nitrogens is 2. The minimum atomic E-state index is -0.754. The summed E-state index contributed by atoms with van der Waals surface area (Å²) >= 11 is 0. The molecule has 2 rings (SSSR count). The van der Waals surface area contributed by atoms with Crippen LogP contribution in [-0.4, -0.2) is 41.0 Å². The van der Waals surface area contributed by atoms with E-state index in [9.17, 15) is 14.0 Å². The van der Waals surface area contributed by atoms with Gasteiger partial charge in [-0.3, -0.25) is 9.59 Å². The highest BCUT2D eigenvalue weighted by Crippen LogP contribution is 2.08. The van der Waals surface area contributed by atoms with Crippen molar-refractivity contribution in [3.63, 3.8) is 0 Å². The van der Waals surface area contributed by atoms with E-state index in [0.29, 0.717) is 19.4 Å². The Morgan fingerprint density at radius 1 is 1.32 bits per heavy atom. The van der Waals surface area contributed by atoms with Gasteiger partial charge in [-0.1, -0.05) is 0 Å². The Labute approximate surface area is 143 Å². The fourth-order valence-electron chi connectivity index (χ4n) is 2.08. The van der Waals surface area contributed by atoms with Crippen LogP contribution >= 0.6 is 0 Å². The Morgan fingerprint density at radius 2 is 2.16 bits per heavy atom. The van der Waals surface area contributed by atoms with Crippen LogP contribution in [0.15, 0.2) is 35.2 Å². The number of nitrogens with two attached hydrogens (primary N) is 1. The van der Waals surface area contributed by atoms with E-state index in [1.54, 1.807) is 0 Å². The number of amides is 1. The molecule has 9 heteroatoms. The first-order valence-electron chi connectivity index (χ1n) is 7.78. The van der Waals surface area contributed by atoms with Gasteiger partial charge in [-0.2, -0.15) is 4.39 Å². The average Bonchev–Trinajstić information content (AvgIpc) is 3.13. The molecule has 0 saturated carbocycles. The lowest BCUT2D eigenvalue weighted by Crippen LogP contribution is -2.43. The minimum absolute atomic E-state index is 0.162. The standard InChI is InChI=1S/C16H19FN4O4/c17-14-5-4-11(9-19-14)16(23)20-12(3-1-2-7-18)13(22)10-24-15-6-8-25-21-15/h4-6,8-9,12H,1-3,7,10,18H2,(H,20,23)/t12-/m0/s1. The van der Waals surface area contributed by atoms with Crippen LogP contribution < -0.4 is 15.8 Å². The van der Waals surface area contributed by atoms with E-state index in [1.165, 1.54) is 18.4 Å². The lowest BCUT2D eigenvalue weighted by molar-refractivity contribution is -0.123. The summed E-state index contributed by atoms with van der Waals surface area (Å²) in [5.41, 5.74) is 5.62. The first-order valence-corrected chi connectivity index (χ1v) is 7.78. The van der Waals surface area contributed by atoms with Crippen molar-refractivity contribution in [1.29, 1.82) is 0 Å². The summed E-state index contributed by atoms with van der Waals surface area (Å²) in [5, 5.41) is 6.17. The highest BCUT2D eigenvalue weighted by molar-refractivity contribution is 5.98. The van der Waals surface area contributed by atoms with Gasteiger partial charge in [0.15, 0.2) is 12.4 Å². The zero-order chi connectivity index (χ0) is 18.1. The summed E-state index contributed by atoms with van der Waals surface area (Å²) in [6, 6.07) is 3.09. The van der Waals surface area contributed by atoms with Gasteiger partial charge in [0.25, 0.3) is 11.8 Å². The zero-order valence-electron chi connectivity index (χ0n) is 13.5. The van der Waals surface area contributed by atoms with Gasteiger partial charge in [-0.25, -0.2) is 4.98 Å². The van der Waals surface area contributed by atoms with E-state index in [-0.39, 0.29) is 23.8 Å². The number of halogens is 1. The van der Waals surface area contributed by atoms with Gasteiger partial charge in [-0.15, -0.1) is 0 Å². The van der Waals surface area contributed by atoms with Crippen molar-refractivity contribution in [2.24, 2.45) is 5.73 Å². The van der Waals surface area contributed by atoms with Crippen LogP contribution in [0.2, 0.25) is 0 Å². The van der Waals surface area contributed by atoms with Crippen molar-refractivity contribution in [2.45, 2.75) is 25.3 Å². The number of ether oxygens (including phenoxy) is 1. The summed E-state index contributed by atoms with van der Waals surface area (Å²) in [6.45, 7) is 0.230. The van der Waals surface area contributed by atoms with E-state index >= 15 is 0 Å². The Morgan fingerprint density at radius 3 is 2.80 bits per heavy atom. The second-order valence-corrected chi connectivity index (χ2v) is 5.27. The van der Waals surface area contributed by atoms with Gasteiger partial charge < -0.3 is 20.3 Å². The van der Waals surface area contributed by atoms with Crippen LogP contribution in [-0.2, 0) is 4.79 Å². The van der Waals surface area contributed by atoms with Crippen LogP contribution in [0.3, 0.4) is 0 Å². The summed E-state index contributed by atoms with van der Waals surface area (Å²) < 4.78 is 22.7. The lowest BCUT2D eigenvalue weighted by atomic mass is 10.0. The van der Waals surface area contributed by atoms with Gasteiger partial charge in [0.05, 0.1) is 11.6 Å². The average molecular weight is 350 g/mol. The molecule has 0 bridgehead atoms. The summed E-state index contributed by atoms with van der Waals surface area (Å²) in [7, 11) is 0. The highest BCUT2D eigenvalue weighted by atomic mass is 19.1. The zero-order valence-corrected chi connectivity index (χ0v) is 13.5. The number of nitrogens with one attached hydrogen (secondary N) is 1. The van der Waals surface area contributed by atoms with Gasteiger partial charge in [0.2, 0.25) is 5.95 Å². The molecule has 0 aliphatic carbocycles. The molecule has 0 aliphatic heterocycles. The largest absolute Gasteiger partial charge is 0.467 e. The molecule has 2 aromatic heterocycles. The lowest BCUT2D eigenvalue weighted by Gasteiger charge is -2.17. The quantitative estimate of drug-likeness (QED) is 0.486. The molecule has 0 aliphatic rings. The monoisotopic (exact) mass is 350 g/mol. The minimum Gasteiger partial charge on any atom is -0.467 e. The van der Waals surface area contributed by atoms with E-state index in [4.69, 9.17) is 10.5 Å². The number of rotatable bonds is 10. The number of hydrogen-bond acceptors (Lipinski definition) is 7. The molecule has 0 unspecified atom stereocenters. The number of nitrogens with zero attached hydrogens (tertiary/aromatic N) is 2. The predicted molar refractivity (Wildman–Crippen MR) is 85.4 cm³/mol. The smallest absolute Gasteiger partial charge is 0.254 e. The van der Waals surface area contributed by atoms with Crippen LogP contribution in [0.1, 0.15) is 29.6 Å². The van der Waals surface area contributed by atoms with E-state index in [0.717, 1.165) is 18.7 Å². The van der Waals surface area contributed by atoms with Gasteiger partial charge in [-0.05, 0) is 43.1 Å². The van der Waals surface area contributed by atoms with Crippen molar-refractivity contribution in [3.05, 3.63) is 42.2 Å². The molecule has 0 saturated heterocycles. The van der Waals surface area contributed by atoms with Crippen molar-refractivity contribution < 1.29 is 23.2 Å². The molecule has 2 aromatic rings. The molecule has 0 radical (unpaired) electrons. The first kappa shape index (κ1) is 18.5. The van der Waals surface area contributed by atoms with Crippen molar-refractivity contribution in [2.75, 3.05) is 13.2 Å². The van der Waals surface area contributed by atoms with E-state index in [2.05, 4.69) is 20.0 Å². The molecule has 8 nitrogen and oxygen atoms in total. The van der Waals surface area contributed by atoms with Gasteiger partial charge >= 0.3 is 0 Å². The second-order valence-electron chi connectivity index (χ2n) is 5.27. The van der Waals surface area contributed by atoms with Crippen molar-refractivity contribution in [3.8, 4) is 5.88 Å². The normalized spacial score (nSPS) is 11.8. The molecule has 1 atom stereocenters. The van der Waals surface area contributed by atoms with E-state index in [1.807, 2.05) is 0 Å². The highest BCUT2D eigenvalue weighted by Gasteiger charge is 2.22. The number of carbonyl (C=O) groups is 2.